The summed E-state index contributed by atoms with van der Waals surface area (Å²) in [5, 5.41) is 11.8. The second kappa shape index (κ2) is 27.7. The van der Waals surface area contributed by atoms with Gasteiger partial charge in [0.05, 0.1) is 0 Å². The first-order chi connectivity index (χ1) is 49.0. The van der Waals surface area contributed by atoms with Crippen molar-refractivity contribution in [2.24, 2.45) is 0 Å². The van der Waals surface area contributed by atoms with Crippen LogP contribution in [0.5, 0.6) is 0 Å². The largest absolute Gasteiger partial charge is 0.316 e. The Morgan fingerprint density at radius 2 is 0.420 bits per heavy atom. The van der Waals surface area contributed by atoms with Gasteiger partial charge >= 0.3 is 0 Å². The molecular weight excluding hydrogens is 1370 g/mol. The molecule has 16 aromatic carbocycles. The van der Waals surface area contributed by atoms with Crippen molar-refractivity contribution in [3.8, 4) is 135 Å². The van der Waals surface area contributed by atoms with Crippen LogP contribution in [0.15, 0.2) is 340 Å². The second-order valence-electron chi connectivity index (χ2n) is 24.6. The molecule has 8 heteroatoms. The molecule has 471 valence electrons. The molecule has 0 unspecified atom stereocenters. The van der Waals surface area contributed by atoms with Gasteiger partial charge in [0.15, 0.2) is 34.9 Å². The van der Waals surface area contributed by atoms with Gasteiger partial charge in [0, 0.05) is 51.9 Å². The Bertz CT molecular complexity index is 5880. The standard InChI is InChI=1S/C90H56N6.C2H4I.V/c1-9-29-57(30-10-1)73-55-75(59-33-13-3-14-34-59)81-69-49-27-52-72-79(69)80-70(50-28-51-71(80)83(81)77(73)60-35-15-4-16-36-60)82-76(65-45-25-47-67(53-65)89-93-85(61-37-17-5-18-38-61)91-86(94-89)62-39-19-6-20-40-62)56-74(58-31-11-2-12-32-58)78(84(72)82)66-46-26-48-68(54-66)90-95-87(63-41-21-7-22-42-63)92-88(96-90)64-43-23-8-24-44-64;1-2-3;/h1-56H;2H,1H3;/q;-1;. The molecule has 6 nitrogen and oxygen atoms in total. The SMILES string of the molecule is C[CH-]I.[V].c1ccc(-c2nc(-c3ccccc3)nc(-c3cccc(-c4cc(-c5ccccc5)c(-c5cccc(-c6nc(-c7ccccc7)nc(-c7ccccc7)n6)c5)c5c6cccc7c8c(-c9ccccc9)cc(-c9ccccc9)c(-c9ccccc9)c8c8cccc(c45)c8c76)c3)n2)cc1. The summed E-state index contributed by atoms with van der Waals surface area (Å²) in [5.74, 6) is 3.59. The van der Waals surface area contributed by atoms with Crippen LogP contribution in [-0.4, -0.2) is 29.9 Å². The van der Waals surface area contributed by atoms with Crippen LogP contribution in [-0.2, 0) is 18.6 Å². The first kappa shape index (κ1) is 63.2. The monoisotopic (exact) mass is 1430 g/mol. The van der Waals surface area contributed by atoms with E-state index in [-0.39, 0.29) is 18.6 Å². The molecule has 0 bridgehead atoms. The van der Waals surface area contributed by atoms with Crippen molar-refractivity contribution in [1.82, 2.24) is 29.9 Å². The summed E-state index contributed by atoms with van der Waals surface area (Å²) < 4.78 is 1.97. The zero-order valence-corrected chi connectivity index (χ0v) is 58.0. The van der Waals surface area contributed by atoms with Gasteiger partial charge in [-0.3, -0.25) is 4.43 Å². The van der Waals surface area contributed by atoms with Crippen molar-refractivity contribution in [1.29, 1.82) is 0 Å². The predicted molar refractivity (Wildman–Crippen MR) is 421 cm³/mol. The van der Waals surface area contributed by atoms with E-state index in [2.05, 4.69) is 290 Å². The molecule has 100 heavy (non-hydrogen) atoms. The van der Waals surface area contributed by atoms with E-state index in [1.807, 2.05) is 84.1 Å². The molecular formula is C92H60IN6V-. The van der Waals surface area contributed by atoms with Crippen molar-refractivity contribution in [3.63, 3.8) is 0 Å². The quantitative estimate of drug-likeness (QED) is 0.0525. The van der Waals surface area contributed by atoms with Crippen LogP contribution in [0.3, 0.4) is 0 Å². The van der Waals surface area contributed by atoms with Gasteiger partial charge in [0.2, 0.25) is 0 Å². The van der Waals surface area contributed by atoms with Gasteiger partial charge in [-0.05, 0) is 145 Å². The minimum absolute atomic E-state index is 0. The molecule has 0 aliphatic rings. The summed E-state index contributed by atoms with van der Waals surface area (Å²) in [6, 6.07) is 121. The van der Waals surface area contributed by atoms with Gasteiger partial charge in [-0.15, -0.1) is 0 Å². The van der Waals surface area contributed by atoms with Crippen LogP contribution in [0.1, 0.15) is 6.92 Å². The zero-order chi connectivity index (χ0) is 66.2. The number of halogens is 1. The summed E-state index contributed by atoms with van der Waals surface area (Å²) in [6.45, 7) is 1.99. The van der Waals surface area contributed by atoms with E-state index in [4.69, 9.17) is 29.9 Å². The van der Waals surface area contributed by atoms with Crippen LogP contribution in [0, 0.1) is 4.43 Å². The van der Waals surface area contributed by atoms with Gasteiger partial charge in [-0.2, -0.15) is 6.92 Å². The maximum absolute atomic E-state index is 5.30. The van der Waals surface area contributed by atoms with E-state index in [0.717, 1.165) is 105 Å². The number of aromatic nitrogens is 6. The molecule has 0 fully saturated rings. The maximum atomic E-state index is 5.30. The number of rotatable bonds is 12. The van der Waals surface area contributed by atoms with E-state index in [1.165, 1.54) is 49.0 Å². The third-order valence-corrected chi connectivity index (χ3v) is 18.7. The van der Waals surface area contributed by atoms with E-state index >= 15 is 0 Å². The Labute approximate surface area is 606 Å². The van der Waals surface area contributed by atoms with Gasteiger partial charge in [0.25, 0.3) is 0 Å². The first-order valence-corrected chi connectivity index (χ1v) is 34.5. The van der Waals surface area contributed by atoms with Crippen molar-refractivity contribution in [2.45, 2.75) is 6.92 Å². The zero-order valence-electron chi connectivity index (χ0n) is 54.4. The second-order valence-corrected chi connectivity index (χ2v) is 25.8. The van der Waals surface area contributed by atoms with Gasteiger partial charge in [-0.1, -0.05) is 315 Å². The van der Waals surface area contributed by atoms with Gasteiger partial charge < -0.3 is 22.6 Å². The van der Waals surface area contributed by atoms with E-state index in [9.17, 15) is 0 Å². The third-order valence-electron chi connectivity index (χ3n) is 18.7. The summed E-state index contributed by atoms with van der Waals surface area (Å²) in [4.78, 5) is 31.4. The molecule has 0 N–H and O–H groups in total. The molecule has 2 heterocycles. The fourth-order valence-electron chi connectivity index (χ4n) is 14.4. The normalized spacial score (nSPS) is 11.3. The Kier molecular flexibility index (Phi) is 17.5. The van der Waals surface area contributed by atoms with Crippen LogP contribution >= 0.6 is 22.6 Å². The minimum Gasteiger partial charge on any atom is -0.316 e. The minimum atomic E-state index is 0. The fraction of sp³-hybridized carbons (Fsp3) is 0.0109. The van der Waals surface area contributed by atoms with Crippen molar-refractivity contribution in [2.75, 3.05) is 0 Å². The van der Waals surface area contributed by atoms with E-state index in [0.29, 0.717) is 34.9 Å². The molecule has 1 radical (unpaired) electrons. The Balaban J connectivity index is 0.00000191. The molecule has 0 spiro atoms. The average molecular weight is 1430 g/mol. The number of hydrogen-bond donors (Lipinski definition) is 0. The number of fused-ring (bicyclic) bond motifs is 6. The average Bonchev–Trinajstić information content (AvgIpc) is 0.681. The van der Waals surface area contributed by atoms with Crippen LogP contribution in [0.4, 0.5) is 0 Å². The Morgan fingerprint density at radius 3 is 0.760 bits per heavy atom. The molecule has 0 aliphatic carbocycles. The number of nitrogens with zero attached hydrogens (tertiary/aromatic N) is 6. The summed E-state index contributed by atoms with van der Waals surface area (Å²) in [7, 11) is 0. The van der Waals surface area contributed by atoms with Crippen molar-refractivity contribution >= 4 is 76.5 Å². The molecule has 0 saturated carbocycles. The fourth-order valence-corrected chi connectivity index (χ4v) is 14.4. The van der Waals surface area contributed by atoms with Gasteiger partial charge in [0.1, 0.15) is 0 Å². The predicted octanol–water partition coefficient (Wildman–Crippen LogP) is 24.9. The van der Waals surface area contributed by atoms with Gasteiger partial charge in [-0.25, -0.2) is 29.9 Å². The Morgan fingerprint density at radius 1 is 0.200 bits per heavy atom. The van der Waals surface area contributed by atoms with Crippen molar-refractivity contribution in [3.05, 3.63) is 344 Å². The first-order valence-electron chi connectivity index (χ1n) is 33.3. The van der Waals surface area contributed by atoms with Crippen molar-refractivity contribution < 1.29 is 18.6 Å². The molecule has 0 amide bonds. The third kappa shape index (κ3) is 11.7. The molecule has 0 atom stereocenters. The molecule has 18 rings (SSSR count). The topological polar surface area (TPSA) is 77.3 Å². The summed E-state index contributed by atoms with van der Waals surface area (Å²) in [6.07, 6.45) is 0. The van der Waals surface area contributed by atoms with Crippen LogP contribution < -0.4 is 0 Å². The van der Waals surface area contributed by atoms with Crippen LogP contribution in [0.2, 0.25) is 0 Å². The molecule has 0 saturated heterocycles. The number of hydrogen-bond acceptors (Lipinski definition) is 6. The molecule has 0 aliphatic heterocycles. The summed E-state index contributed by atoms with van der Waals surface area (Å²) in [5.41, 5.74) is 18.8. The maximum Gasteiger partial charge on any atom is 0.164 e. The van der Waals surface area contributed by atoms with E-state index < -0.39 is 0 Å². The number of benzene rings is 16. The van der Waals surface area contributed by atoms with Crippen LogP contribution in [0.25, 0.3) is 189 Å². The molecule has 18 aromatic rings. The Hall–Kier alpha value is -11.6. The molecule has 2 aromatic heterocycles. The van der Waals surface area contributed by atoms with E-state index in [1.54, 1.807) is 0 Å². The smallest absolute Gasteiger partial charge is 0.164 e. The summed E-state index contributed by atoms with van der Waals surface area (Å²) >= 11 is 2.16.